The number of aliphatic hydroxyl groups excluding tert-OH is 1. The smallest absolute Gasteiger partial charge is 0.406 e. The summed E-state index contributed by atoms with van der Waals surface area (Å²) < 4.78 is 240. The maximum Gasteiger partial charge on any atom is 0.573 e. The topological polar surface area (TPSA) is 117 Å². The lowest BCUT2D eigenvalue weighted by atomic mass is 9.71. The highest BCUT2D eigenvalue weighted by Crippen LogP contribution is 2.43. The number of halogens is 18. The molecule has 2 atom stereocenters. The van der Waals surface area contributed by atoms with Gasteiger partial charge < -0.3 is 28.8 Å². The molecule has 0 amide bonds. The SMILES string of the molecule is FC(F)(F)[C@@H]1CO1.N#CC(C[C@H](O)C(F)(F)F)(c1cccc(OC(F)(F)F)c1)c1cccc(OC(F)(F)F)c1.N#CC(c1cccc(OC(F)(F)F)c1)c1cccc(OC(F)(F)F)c1. The van der Waals surface area contributed by atoms with Gasteiger partial charge in [-0.05, 0) is 70.8 Å². The Bertz CT molecular complexity index is 2120. The highest BCUT2D eigenvalue weighted by atomic mass is 19.4. The van der Waals surface area contributed by atoms with Crippen molar-refractivity contribution >= 4 is 0 Å². The third-order valence-electron chi connectivity index (χ3n) is 7.87. The van der Waals surface area contributed by atoms with Gasteiger partial charge in [0, 0.05) is 6.42 Å². The van der Waals surface area contributed by atoms with E-state index in [0.29, 0.717) is 12.1 Å². The predicted molar refractivity (Wildman–Crippen MR) is 179 cm³/mol. The van der Waals surface area contributed by atoms with Gasteiger partial charge >= 0.3 is 37.8 Å². The van der Waals surface area contributed by atoms with Gasteiger partial charge in [-0.3, -0.25) is 0 Å². The highest BCUT2D eigenvalue weighted by molar-refractivity contribution is 5.50. The van der Waals surface area contributed by atoms with Gasteiger partial charge in [-0.25, -0.2) is 0 Å². The largest absolute Gasteiger partial charge is 0.573 e. The molecule has 0 saturated carbocycles. The van der Waals surface area contributed by atoms with Gasteiger partial charge in [0.2, 0.25) is 0 Å². The monoisotopic (exact) mass is 946 g/mol. The van der Waals surface area contributed by atoms with Crippen LogP contribution in [0.4, 0.5) is 79.0 Å². The molecule has 0 bridgehead atoms. The van der Waals surface area contributed by atoms with Crippen LogP contribution in [0.25, 0.3) is 0 Å². The van der Waals surface area contributed by atoms with Crippen LogP contribution in [0.1, 0.15) is 34.6 Å². The van der Waals surface area contributed by atoms with Crippen LogP contribution >= 0.6 is 0 Å². The highest BCUT2D eigenvalue weighted by Gasteiger charge is 2.49. The molecular formula is C38H24F18N2O6. The maximum absolute atomic E-state index is 13.0. The van der Waals surface area contributed by atoms with Crippen LogP contribution in [0, 0.1) is 22.7 Å². The van der Waals surface area contributed by atoms with Crippen LogP contribution in [0.15, 0.2) is 97.1 Å². The fourth-order valence-corrected chi connectivity index (χ4v) is 5.26. The van der Waals surface area contributed by atoms with Gasteiger partial charge in [0.15, 0.2) is 12.2 Å². The third-order valence-corrected chi connectivity index (χ3v) is 7.87. The van der Waals surface area contributed by atoms with Gasteiger partial charge in [-0.15, -0.1) is 52.7 Å². The van der Waals surface area contributed by atoms with Gasteiger partial charge in [-0.2, -0.15) is 36.9 Å². The first-order valence-corrected chi connectivity index (χ1v) is 16.9. The van der Waals surface area contributed by atoms with Crippen molar-refractivity contribution in [1.29, 1.82) is 10.5 Å². The Balaban J connectivity index is 0.000000300. The normalized spacial score (nSPS) is 14.9. The summed E-state index contributed by atoms with van der Waals surface area (Å²) in [5.41, 5.74) is -3.24. The molecule has 4 aromatic carbocycles. The third kappa shape index (κ3) is 17.1. The summed E-state index contributed by atoms with van der Waals surface area (Å²) in [5.74, 6) is -3.95. The van der Waals surface area contributed by atoms with E-state index in [2.05, 4.69) is 23.7 Å². The molecule has 64 heavy (non-hydrogen) atoms. The lowest BCUT2D eigenvalue weighted by Crippen LogP contribution is -2.38. The number of benzene rings is 4. The summed E-state index contributed by atoms with van der Waals surface area (Å²) in [4.78, 5) is 0. The van der Waals surface area contributed by atoms with E-state index in [4.69, 9.17) is 0 Å². The lowest BCUT2D eigenvalue weighted by molar-refractivity contribution is -0.275. The number of nitriles is 2. The number of rotatable bonds is 10. The molecule has 1 aliphatic heterocycles. The second kappa shape index (κ2) is 20.0. The first kappa shape index (κ1) is 52.1. The maximum atomic E-state index is 13.0. The van der Waals surface area contributed by atoms with Crippen molar-refractivity contribution in [2.75, 3.05) is 6.61 Å². The Morgan fingerprint density at radius 2 is 0.875 bits per heavy atom. The molecule has 8 nitrogen and oxygen atoms in total. The minimum Gasteiger partial charge on any atom is -0.406 e. The molecule has 26 heteroatoms. The zero-order chi connectivity index (χ0) is 48.5. The molecule has 0 spiro atoms. The fourth-order valence-electron chi connectivity index (χ4n) is 5.26. The predicted octanol–water partition coefficient (Wildman–Crippen LogP) is 11.7. The molecule has 1 saturated heterocycles. The molecule has 0 radical (unpaired) electrons. The minimum atomic E-state index is -5.23. The standard InChI is InChI=1S/C19H12F9NO3.C16H9F6NO2.C3H3F3O/c20-17(21,22)15(30)9-16(10-29,11-3-1-5-13(7-11)31-18(23,24)25)12-4-2-6-14(8-12)32-19(26,27)28;17-15(18,19)24-12-5-1-3-10(7-12)14(9-23)11-4-2-6-13(8-11)25-16(20,21)22;4-3(5,6)2-1-7-2/h1-8,15,30H,9H2;1-8,14H;2H,1H2/t15-;;2-/m0.0/s1. The molecule has 5 rings (SSSR count). The number of aliphatic hydroxyl groups is 1. The fraction of sp³-hybridized carbons (Fsp3) is 0.316. The summed E-state index contributed by atoms with van der Waals surface area (Å²) in [5, 5.41) is 28.7. The summed E-state index contributed by atoms with van der Waals surface area (Å²) >= 11 is 0. The van der Waals surface area contributed by atoms with Crippen molar-refractivity contribution < 1.29 is 108 Å². The summed E-state index contributed by atoms with van der Waals surface area (Å²) in [6.07, 6.45) is -35.5. The summed E-state index contributed by atoms with van der Waals surface area (Å²) in [6.45, 7) is -0.149. The Kier molecular flexibility index (Phi) is 16.3. The quantitative estimate of drug-likeness (QED) is 0.123. The van der Waals surface area contributed by atoms with E-state index >= 15 is 0 Å². The van der Waals surface area contributed by atoms with E-state index in [1.807, 2.05) is 6.07 Å². The van der Waals surface area contributed by atoms with Crippen molar-refractivity contribution in [2.45, 2.75) is 67.8 Å². The Morgan fingerprint density at radius 3 is 1.12 bits per heavy atom. The van der Waals surface area contributed by atoms with Crippen molar-refractivity contribution in [3.63, 3.8) is 0 Å². The van der Waals surface area contributed by atoms with Crippen LogP contribution in [-0.4, -0.2) is 61.7 Å². The number of hydrogen-bond donors (Lipinski definition) is 1. The minimum absolute atomic E-state index is 0.133. The number of hydrogen-bond acceptors (Lipinski definition) is 8. The number of nitrogens with zero attached hydrogens (tertiary/aromatic N) is 2. The van der Waals surface area contributed by atoms with Crippen molar-refractivity contribution in [1.82, 2.24) is 0 Å². The van der Waals surface area contributed by atoms with Crippen molar-refractivity contribution in [3.05, 3.63) is 119 Å². The van der Waals surface area contributed by atoms with Crippen molar-refractivity contribution in [2.24, 2.45) is 0 Å². The first-order chi connectivity index (χ1) is 29.2. The molecule has 0 unspecified atom stereocenters. The van der Waals surface area contributed by atoms with Crippen molar-refractivity contribution in [3.8, 4) is 35.1 Å². The molecular weight excluding hydrogens is 922 g/mol. The lowest BCUT2D eigenvalue weighted by Gasteiger charge is -2.31. The number of ether oxygens (including phenoxy) is 5. The zero-order valence-electron chi connectivity index (χ0n) is 31.1. The second-order valence-electron chi connectivity index (χ2n) is 12.6. The molecule has 1 aliphatic rings. The molecule has 1 N–H and O–H groups in total. The van der Waals surface area contributed by atoms with Gasteiger partial charge in [0.25, 0.3) is 0 Å². The van der Waals surface area contributed by atoms with Crippen LogP contribution in [0.5, 0.6) is 23.0 Å². The molecule has 348 valence electrons. The van der Waals surface area contributed by atoms with Crippen LogP contribution in [0.2, 0.25) is 0 Å². The van der Waals surface area contributed by atoms with E-state index in [0.717, 1.165) is 60.7 Å². The van der Waals surface area contributed by atoms with Gasteiger partial charge in [-0.1, -0.05) is 48.5 Å². The molecule has 1 fully saturated rings. The Hall–Kier alpha value is -6.28. The number of epoxide rings is 1. The van der Waals surface area contributed by atoms with Crippen LogP contribution in [-0.2, 0) is 10.2 Å². The Labute approximate surface area is 347 Å². The van der Waals surface area contributed by atoms with E-state index in [1.54, 1.807) is 0 Å². The molecule has 4 aromatic rings. The molecule has 0 aromatic heterocycles. The van der Waals surface area contributed by atoms with Crippen LogP contribution < -0.4 is 18.9 Å². The number of alkyl halides is 18. The zero-order valence-corrected chi connectivity index (χ0v) is 31.1. The van der Waals surface area contributed by atoms with Gasteiger partial charge in [0.05, 0.1) is 24.7 Å². The second-order valence-corrected chi connectivity index (χ2v) is 12.6. The van der Waals surface area contributed by atoms with E-state index in [-0.39, 0.29) is 17.7 Å². The average Bonchev–Trinajstić information content (AvgIpc) is 3.99. The van der Waals surface area contributed by atoms with E-state index < -0.39 is 102 Å². The molecule has 1 heterocycles. The van der Waals surface area contributed by atoms with Crippen LogP contribution in [0.3, 0.4) is 0 Å². The van der Waals surface area contributed by atoms with E-state index in [9.17, 15) is 94.7 Å². The summed E-state index contributed by atoms with van der Waals surface area (Å²) in [6, 6.07) is 19.3. The van der Waals surface area contributed by atoms with E-state index in [1.165, 1.54) is 30.3 Å². The molecule has 0 aliphatic carbocycles. The van der Waals surface area contributed by atoms with Gasteiger partial charge in [0.1, 0.15) is 28.4 Å². The average molecular weight is 947 g/mol. The first-order valence-electron chi connectivity index (χ1n) is 16.9. The summed E-state index contributed by atoms with van der Waals surface area (Å²) in [7, 11) is 0. The Morgan fingerprint density at radius 1 is 0.547 bits per heavy atom.